The molecular formula is C27H35NO3. The number of rotatable bonds is 5. The first-order chi connectivity index (χ1) is 15.2. The smallest absolute Gasteiger partial charge is 0.124 e. The molecule has 2 fully saturated rings. The number of aryl methyl sites for hydroxylation is 2. The first kappa shape index (κ1) is 20.8. The lowest BCUT2D eigenvalue weighted by atomic mass is 9.91. The maximum atomic E-state index is 6.39. The highest BCUT2D eigenvalue weighted by Gasteiger charge is 2.26. The van der Waals surface area contributed by atoms with E-state index in [1.54, 1.807) is 0 Å². The summed E-state index contributed by atoms with van der Waals surface area (Å²) in [6.45, 7) is 3.98. The van der Waals surface area contributed by atoms with Gasteiger partial charge in [-0.3, -0.25) is 0 Å². The Kier molecular flexibility index (Phi) is 6.47. The average molecular weight is 422 g/mol. The first-order valence-electron chi connectivity index (χ1n) is 12.1. The van der Waals surface area contributed by atoms with Crippen LogP contribution in [0.15, 0.2) is 42.5 Å². The van der Waals surface area contributed by atoms with Crippen LogP contribution in [0.1, 0.15) is 67.7 Å². The fourth-order valence-corrected chi connectivity index (χ4v) is 5.34. The van der Waals surface area contributed by atoms with Gasteiger partial charge in [0.05, 0.1) is 6.10 Å². The topological polar surface area (TPSA) is 39.7 Å². The molecule has 1 unspecified atom stereocenters. The molecule has 1 saturated carbocycles. The number of nitrogens with one attached hydrogen (secondary N) is 1. The van der Waals surface area contributed by atoms with Crippen molar-refractivity contribution < 1.29 is 14.2 Å². The molecule has 1 N–H and O–H groups in total. The third-order valence-corrected chi connectivity index (χ3v) is 7.18. The van der Waals surface area contributed by atoms with Crippen LogP contribution in [0, 0.1) is 6.92 Å². The van der Waals surface area contributed by atoms with E-state index in [2.05, 4.69) is 54.7 Å². The molecule has 2 aromatic carbocycles. The molecule has 0 amide bonds. The molecule has 2 aromatic rings. The molecule has 0 bridgehead atoms. The Morgan fingerprint density at radius 1 is 0.871 bits per heavy atom. The van der Waals surface area contributed by atoms with Crippen LogP contribution in [0.4, 0.5) is 0 Å². The first-order valence-corrected chi connectivity index (χ1v) is 12.1. The fourth-order valence-electron chi connectivity index (χ4n) is 5.34. The summed E-state index contributed by atoms with van der Waals surface area (Å²) >= 11 is 0. The van der Waals surface area contributed by atoms with E-state index in [9.17, 15) is 0 Å². The van der Waals surface area contributed by atoms with Gasteiger partial charge in [-0.1, -0.05) is 24.3 Å². The van der Waals surface area contributed by atoms with Gasteiger partial charge >= 0.3 is 0 Å². The summed E-state index contributed by atoms with van der Waals surface area (Å²) in [6, 6.07) is 16.2. The average Bonchev–Trinajstić information content (AvgIpc) is 2.81. The molecule has 166 valence electrons. The molecule has 31 heavy (non-hydrogen) atoms. The van der Waals surface area contributed by atoms with Gasteiger partial charge < -0.3 is 19.5 Å². The highest BCUT2D eigenvalue weighted by atomic mass is 16.5. The second-order valence-electron chi connectivity index (χ2n) is 9.42. The Balaban J connectivity index is 1.14. The van der Waals surface area contributed by atoms with Gasteiger partial charge in [-0.25, -0.2) is 0 Å². The van der Waals surface area contributed by atoms with Crippen molar-refractivity contribution >= 4 is 0 Å². The second kappa shape index (κ2) is 9.62. The predicted octanol–water partition coefficient (Wildman–Crippen LogP) is 5.52. The van der Waals surface area contributed by atoms with Gasteiger partial charge in [0.1, 0.15) is 17.6 Å². The molecule has 0 spiro atoms. The summed E-state index contributed by atoms with van der Waals surface area (Å²) in [6.07, 6.45) is 9.50. The van der Waals surface area contributed by atoms with E-state index in [0.717, 1.165) is 63.2 Å². The third-order valence-electron chi connectivity index (χ3n) is 7.18. The summed E-state index contributed by atoms with van der Waals surface area (Å²) in [4.78, 5) is 0. The maximum Gasteiger partial charge on any atom is 0.124 e. The monoisotopic (exact) mass is 421 g/mol. The van der Waals surface area contributed by atoms with Crippen LogP contribution in [-0.4, -0.2) is 31.4 Å². The van der Waals surface area contributed by atoms with E-state index in [0.29, 0.717) is 18.2 Å². The van der Waals surface area contributed by atoms with E-state index in [1.807, 2.05) is 0 Å². The van der Waals surface area contributed by atoms with Gasteiger partial charge in [0.15, 0.2) is 0 Å². The zero-order chi connectivity index (χ0) is 21.0. The van der Waals surface area contributed by atoms with Crippen molar-refractivity contribution in [1.29, 1.82) is 0 Å². The number of benzene rings is 2. The van der Waals surface area contributed by atoms with E-state index in [4.69, 9.17) is 14.2 Å². The molecule has 4 nitrogen and oxygen atoms in total. The SMILES string of the molecule is Cc1ccccc1C1CCc2cc(OC3CCC(NC4CCOCC4)CC3)ccc2O1. The summed E-state index contributed by atoms with van der Waals surface area (Å²) in [7, 11) is 0. The highest BCUT2D eigenvalue weighted by molar-refractivity contribution is 5.43. The van der Waals surface area contributed by atoms with Gasteiger partial charge in [0.25, 0.3) is 0 Å². The zero-order valence-corrected chi connectivity index (χ0v) is 18.6. The van der Waals surface area contributed by atoms with Crippen molar-refractivity contribution in [1.82, 2.24) is 5.32 Å². The molecule has 1 aliphatic carbocycles. The Hall–Kier alpha value is -2.04. The molecule has 1 saturated heterocycles. The van der Waals surface area contributed by atoms with Crippen LogP contribution in [0.5, 0.6) is 11.5 Å². The minimum atomic E-state index is 0.152. The largest absolute Gasteiger partial charge is 0.490 e. The second-order valence-corrected chi connectivity index (χ2v) is 9.42. The number of fused-ring (bicyclic) bond motifs is 1. The quantitative estimate of drug-likeness (QED) is 0.690. The molecule has 2 heterocycles. The van der Waals surface area contributed by atoms with Gasteiger partial charge in [-0.05, 0) is 93.2 Å². The van der Waals surface area contributed by atoms with E-state index in [1.165, 1.54) is 29.5 Å². The molecule has 3 aliphatic rings. The lowest BCUT2D eigenvalue weighted by molar-refractivity contribution is 0.0689. The lowest BCUT2D eigenvalue weighted by Gasteiger charge is -2.34. The number of ether oxygens (including phenoxy) is 3. The van der Waals surface area contributed by atoms with Crippen LogP contribution in [0.3, 0.4) is 0 Å². The van der Waals surface area contributed by atoms with Crippen molar-refractivity contribution in [2.24, 2.45) is 0 Å². The van der Waals surface area contributed by atoms with Gasteiger partial charge in [0, 0.05) is 25.3 Å². The lowest BCUT2D eigenvalue weighted by Crippen LogP contribution is -2.44. The van der Waals surface area contributed by atoms with Crippen molar-refractivity contribution in [2.75, 3.05) is 13.2 Å². The van der Waals surface area contributed by atoms with Crippen molar-refractivity contribution in [3.8, 4) is 11.5 Å². The van der Waals surface area contributed by atoms with E-state index >= 15 is 0 Å². The highest BCUT2D eigenvalue weighted by Crippen LogP contribution is 2.38. The Morgan fingerprint density at radius 2 is 1.65 bits per heavy atom. The Morgan fingerprint density at radius 3 is 2.45 bits per heavy atom. The Labute approximate surface area is 186 Å². The molecule has 2 aliphatic heterocycles. The van der Waals surface area contributed by atoms with Crippen molar-refractivity contribution in [3.63, 3.8) is 0 Å². The third kappa shape index (κ3) is 5.07. The molecule has 1 atom stereocenters. The molecule has 0 aromatic heterocycles. The fraction of sp³-hybridized carbons (Fsp3) is 0.556. The van der Waals surface area contributed by atoms with Crippen LogP contribution in [0.25, 0.3) is 0 Å². The van der Waals surface area contributed by atoms with Gasteiger partial charge in [-0.15, -0.1) is 0 Å². The molecule has 4 heteroatoms. The minimum Gasteiger partial charge on any atom is -0.490 e. The van der Waals surface area contributed by atoms with Crippen LogP contribution < -0.4 is 14.8 Å². The van der Waals surface area contributed by atoms with Gasteiger partial charge in [-0.2, -0.15) is 0 Å². The summed E-state index contributed by atoms with van der Waals surface area (Å²) in [5.41, 5.74) is 3.88. The maximum absolute atomic E-state index is 6.39. The van der Waals surface area contributed by atoms with Crippen LogP contribution in [-0.2, 0) is 11.2 Å². The summed E-state index contributed by atoms with van der Waals surface area (Å²) in [5.74, 6) is 2.01. The number of hydrogen-bond acceptors (Lipinski definition) is 4. The van der Waals surface area contributed by atoms with Crippen LogP contribution >= 0.6 is 0 Å². The van der Waals surface area contributed by atoms with E-state index in [-0.39, 0.29) is 6.10 Å². The number of hydrogen-bond donors (Lipinski definition) is 1. The summed E-state index contributed by atoms with van der Waals surface area (Å²) in [5, 5.41) is 3.85. The minimum absolute atomic E-state index is 0.152. The Bertz CT molecular complexity index is 869. The normalized spacial score (nSPS) is 26.7. The molecule has 5 rings (SSSR count). The molecule has 0 radical (unpaired) electrons. The standard InChI is InChI=1S/C27H35NO3/c1-19-4-2-3-5-25(19)27-12-6-20-18-24(11-13-26(20)31-27)30-23-9-7-21(8-10-23)28-22-14-16-29-17-15-22/h2-5,11,13,18,21-23,27-28H,6-10,12,14-17H2,1H3. The van der Waals surface area contributed by atoms with Crippen molar-refractivity contribution in [2.45, 2.75) is 82.6 Å². The predicted molar refractivity (Wildman–Crippen MR) is 123 cm³/mol. The summed E-state index contributed by atoms with van der Waals surface area (Å²) < 4.78 is 18.2. The van der Waals surface area contributed by atoms with E-state index < -0.39 is 0 Å². The zero-order valence-electron chi connectivity index (χ0n) is 18.6. The van der Waals surface area contributed by atoms with Gasteiger partial charge in [0.2, 0.25) is 0 Å². The van der Waals surface area contributed by atoms with Crippen LogP contribution in [0.2, 0.25) is 0 Å². The van der Waals surface area contributed by atoms with Crippen molar-refractivity contribution in [3.05, 3.63) is 59.2 Å². The molecular weight excluding hydrogens is 386 g/mol.